The number of rotatable bonds is 6. The molecule has 0 aromatic heterocycles. The van der Waals surface area contributed by atoms with Crippen molar-refractivity contribution < 1.29 is 22.7 Å². The monoisotopic (exact) mass is 486 g/mol. The van der Waals surface area contributed by atoms with Crippen LogP contribution in [0.1, 0.15) is 57.9 Å². The summed E-state index contributed by atoms with van der Waals surface area (Å²) in [5.74, 6) is -0.594. The molecule has 1 amide bonds. The molecule has 160 valence electrons. The second-order valence-corrected chi connectivity index (χ2v) is 10.3. The molecule has 1 fully saturated rings. The van der Waals surface area contributed by atoms with Crippen molar-refractivity contribution in [3.8, 4) is 0 Å². The summed E-state index contributed by atoms with van der Waals surface area (Å²) in [7, 11) is -3.97. The first-order valence-electron chi connectivity index (χ1n) is 9.97. The van der Waals surface area contributed by atoms with E-state index in [-0.39, 0.29) is 23.8 Å². The highest BCUT2D eigenvalue weighted by Crippen LogP contribution is 2.39. The molecule has 3 rings (SSSR count). The number of sulfonamides is 1. The van der Waals surface area contributed by atoms with E-state index in [1.807, 2.05) is 6.07 Å². The van der Waals surface area contributed by atoms with E-state index >= 15 is 0 Å². The molecule has 1 aliphatic carbocycles. The lowest BCUT2D eigenvalue weighted by atomic mass is 9.80. The minimum atomic E-state index is -3.97. The lowest BCUT2D eigenvalue weighted by Crippen LogP contribution is -2.51. The molecular formula is C20H27BrN2O5S. The Morgan fingerprint density at radius 2 is 1.93 bits per heavy atom. The average molecular weight is 487 g/mol. The fourth-order valence-corrected chi connectivity index (χ4v) is 6.75. The maximum absolute atomic E-state index is 13.5. The molecular weight excluding hydrogens is 460 g/mol. The van der Waals surface area contributed by atoms with Gasteiger partial charge in [-0.3, -0.25) is 9.59 Å². The Bertz CT molecular complexity index is 910. The zero-order valence-electron chi connectivity index (χ0n) is 16.8. The Morgan fingerprint density at radius 3 is 2.55 bits per heavy atom. The number of halogens is 1. The molecule has 29 heavy (non-hydrogen) atoms. The van der Waals surface area contributed by atoms with E-state index in [1.165, 1.54) is 17.9 Å². The number of anilines is 1. The highest BCUT2D eigenvalue weighted by Gasteiger charge is 2.41. The third kappa shape index (κ3) is 4.83. The van der Waals surface area contributed by atoms with Crippen LogP contribution in [0.25, 0.3) is 0 Å². The highest BCUT2D eigenvalue weighted by atomic mass is 79.9. The smallest absolute Gasteiger partial charge is 0.307 e. The summed E-state index contributed by atoms with van der Waals surface area (Å²) in [4.78, 5) is 25.9. The van der Waals surface area contributed by atoms with Gasteiger partial charge in [-0.05, 0) is 43.9 Å². The van der Waals surface area contributed by atoms with E-state index < -0.39 is 21.5 Å². The minimum Gasteiger partial charge on any atom is -0.466 e. The number of carbonyl (C=O) groups is 2. The molecule has 1 aliphatic heterocycles. The fourth-order valence-electron chi connectivity index (χ4n) is 4.36. The van der Waals surface area contributed by atoms with Gasteiger partial charge in [-0.15, -0.1) is 0 Å². The van der Waals surface area contributed by atoms with Crippen molar-refractivity contribution in [1.29, 1.82) is 0 Å². The summed E-state index contributed by atoms with van der Waals surface area (Å²) in [6.45, 7) is 3.88. The zero-order valence-corrected chi connectivity index (χ0v) is 19.2. The van der Waals surface area contributed by atoms with Crippen molar-refractivity contribution in [2.45, 2.75) is 69.2 Å². The van der Waals surface area contributed by atoms with Crippen LogP contribution in [-0.2, 0) is 30.8 Å². The Morgan fingerprint density at radius 1 is 1.24 bits per heavy atom. The number of nitrogens with one attached hydrogen (secondary N) is 1. The van der Waals surface area contributed by atoms with E-state index in [1.54, 1.807) is 6.92 Å². The first-order chi connectivity index (χ1) is 13.7. The van der Waals surface area contributed by atoms with Crippen LogP contribution in [0.4, 0.5) is 5.69 Å². The normalized spacial score (nSPS) is 18.4. The SMILES string of the molecule is CCOC(=O)CC1(NS(=O)(=O)c2cc(Br)cc3c2N(C(C)=O)CC3)CCCCC1. The van der Waals surface area contributed by atoms with Gasteiger partial charge < -0.3 is 9.64 Å². The molecule has 0 radical (unpaired) electrons. The maximum atomic E-state index is 13.5. The summed E-state index contributed by atoms with van der Waals surface area (Å²) in [6.07, 6.45) is 4.47. The van der Waals surface area contributed by atoms with Crippen LogP contribution >= 0.6 is 15.9 Å². The summed E-state index contributed by atoms with van der Waals surface area (Å²) >= 11 is 3.39. The lowest BCUT2D eigenvalue weighted by molar-refractivity contribution is -0.145. The molecule has 0 atom stereocenters. The van der Waals surface area contributed by atoms with Crippen molar-refractivity contribution in [2.75, 3.05) is 18.1 Å². The van der Waals surface area contributed by atoms with Crippen LogP contribution in [0.2, 0.25) is 0 Å². The fraction of sp³-hybridized carbons (Fsp3) is 0.600. The van der Waals surface area contributed by atoms with Gasteiger partial charge in [0.15, 0.2) is 0 Å². The van der Waals surface area contributed by atoms with Gasteiger partial charge in [-0.25, -0.2) is 13.1 Å². The molecule has 0 saturated heterocycles. The van der Waals surface area contributed by atoms with Crippen molar-refractivity contribution in [3.63, 3.8) is 0 Å². The predicted octanol–water partition coefficient (Wildman–Crippen LogP) is 3.29. The Balaban J connectivity index is 2.00. The van der Waals surface area contributed by atoms with Gasteiger partial charge >= 0.3 is 5.97 Å². The summed E-state index contributed by atoms with van der Waals surface area (Å²) in [6, 6.07) is 3.38. The average Bonchev–Trinajstić information content (AvgIpc) is 3.05. The lowest BCUT2D eigenvalue weighted by Gasteiger charge is -2.37. The quantitative estimate of drug-likeness (QED) is 0.622. The van der Waals surface area contributed by atoms with Crippen LogP contribution in [0.15, 0.2) is 21.5 Å². The van der Waals surface area contributed by atoms with Gasteiger partial charge in [-0.1, -0.05) is 35.2 Å². The summed E-state index contributed by atoms with van der Waals surface area (Å²) < 4.78 is 35.6. The molecule has 9 heteroatoms. The summed E-state index contributed by atoms with van der Waals surface area (Å²) in [5.41, 5.74) is 0.395. The number of benzene rings is 1. The third-order valence-electron chi connectivity index (χ3n) is 5.61. The molecule has 1 aromatic rings. The molecule has 0 spiro atoms. The van der Waals surface area contributed by atoms with Gasteiger partial charge in [0, 0.05) is 23.5 Å². The van der Waals surface area contributed by atoms with Crippen LogP contribution in [0, 0.1) is 0 Å². The Hall–Kier alpha value is -1.45. The van der Waals surface area contributed by atoms with E-state index in [2.05, 4.69) is 20.7 Å². The van der Waals surface area contributed by atoms with Crippen LogP contribution in [-0.4, -0.2) is 39.0 Å². The number of fused-ring (bicyclic) bond motifs is 1. The van der Waals surface area contributed by atoms with Crippen molar-refractivity contribution in [2.24, 2.45) is 0 Å². The van der Waals surface area contributed by atoms with Crippen LogP contribution < -0.4 is 9.62 Å². The molecule has 1 saturated carbocycles. The van der Waals surface area contributed by atoms with Crippen molar-refractivity contribution >= 4 is 43.5 Å². The Kier molecular flexibility index (Phi) is 6.70. The minimum absolute atomic E-state index is 0.00663. The van der Waals surface area contributed by atoms with Gasteiger partial charge in [0.1, 0.15) is 4.90 Å². The van der Waals surface area contributed by atoms with Crippen LogP contribution in [0.3, 0.4) is 0 Å². The molecule has 1 N–H and O–H groups in total. The number of hydrogen-bond acceptors (Lipinski definition) is 5. The molecule has 1 heterocycles. The first kappa shape index (κ1) is 22.2. The number of carbonyl (C=O) groups excluding carboxylic acids is 2. The summed E-state index contributed by atoms with van der Waals surface area (Å²) in [5, 5.41) is 0. The van der Waals surface area contributed by atoms with Gasteiger partial charge in [0.05, 0.1) is 18.7 Å². The topological polar surface area (TPSA) is 92.8 Å². The molecule has 1 aromatic carbocycles. The largest absolute Gasteiger partial charge is 0.466 e. The number of ether oxygens (including phenoxy) is 1. The molecule has 7 nitrogen and oxygen atoms in total. The van der Waals surface area contributed by atoms with E-state index in [9.17, 15) is 18.0 Å². The molecule has 2 aliphatic rings. The van der Waals surface area contributed by atoms with Crippen molar-refractivity contribution in [3.05, 3.63) is 22.2 Å². The van der Waals surface area contributed by atoms with Crippen molar-refractivity contribution in [1.82, 2.24) is 4.72 Å². The second-order valence-electron chi connectivity index (χ2n) is 7.76. The second kappa shape index (κ2) is 8.73. The maximum Gasteiger partial charge on any atom is 0.307 e. The first-order valence-corrected chi connectivity index (χ1v) is 12.3. The van der Waals surface area contributed by atoms with E-state index in [4.69, 9.17) is 4.74 Å². The number of nitrogens with zero attached hydrogens (tertiary/aromatic N) is 1. The predicted molar refractivity (Wildman–Crippen MR) is 113 cm³/mol. The number of esters is 1. The van der Waals surface area contributed by atoms with Gasteiger partial charge in [0.25, 0.3) is 0 Å². The zero-order chi connectivity index (χ0) is 21.2. The molecule has 0 unspecified atom stereocenters. The third-order valence-corrected chi connectivity index (χ3v) is 7.66. The van der Waals surface area contributed by atoms with E-state index in [0.29, 0.717) is 36.0 Å². The van der Waals surface area contributed by atoms with E-state index in [0.717, 1.165) is 24.8 Å². The van der Waals surface area contributed by atoms with Gasteiger partial charge in [0.2, 0.25) is 15.9 Å². The Labute approximate surface area is 180 Å². The standard InChI is InChI=1S/C20H27BrN2O5S/c1-3-28-18(25)13-20(8-5-4-6-9-20)22-29(26,27)17-12-16(21)11-15-7-10-23(14(2)24)19(15)17/h11-12,22H,3-10,13H2,1-2H3. The molecule has 0 bridgehead atoms. The number of amides is 1. The number of hydrogen-bond donors (Lipinski definition) is 1. The van der Waals surface area contributed by atoms with Gasteiger partial charge in [-0.2, -0.15) is 0 Å². The highest BCUT2D eigenvalue weighted by molar-refractivity contribution is 9.10. The van der Waals surface area contributed by atoms with Crippen LogP contribution in [0.5, 0.6) is 0 Å².